The number of hydrogen-bond acceptors (Lipinski definition) is 6. The Morgan fingerprint density at radius 2 is 2.00 bits per heavy atom. The monoisotopic (exact) mass is 260 g/mol. The van der Waals surface area contributed by atoms with E-state index in [0.717, 1.165) is 37.9 Å². The van der Waals surface area contributed by atoms with Crippen molar-refractivity contribution in [2.75, 3.05) is 50.1 Å². The quantitative estimate of drug-likeness (QED) is 0.792. The summed E-state index contributed by atoms with van der Waals surface area (Å²) in [6, 6.07) is 4.22. The Balaban J connectivity index is 2.02. The molecule has 0 bridgehead atoms. The second-order valence-corrected chi connectivity index (χ2v) is 4.94. The van der Waals surface area contributed by atoms with Crippen LogP contribution in [0, 0.1) is 11.3 Å². The van der Waals surface area contributed by atoms with E-state index in [4.69, 9.17) is 5.26 Å². The molecule has 0 amide bonds. The molecular formula is C13H20N6. The highest BCUT2D eigenvalue weighted by Crippen LogP contribution is 2.16. The van der Waals surface area contributed by atoms with Gasteiger partial charge in [-0.15, -0.1) is 0 Å². The van der Waals surface area contributed by atoms with Gasteiger partial charge >= 0.3 is 0 Å². The normalized spacial score (nSPS) is 17.9. The minimum absolute atomic E-state index is 0.00937. The van der Waals surface area contributed by atoms with Gasteiger partial charge in [0.2, 0.25) is 5.95 Å². The Kier molecular flexibility index (Phi) is 4.17. The molecule has 0 aromatic carbocycles. The lowest BCUT2D eigenvalue weighted by atomic mass is 10.2. The number of piperazine rings is 1. The summed E-state index contributed by atoms with van der Waals surface area (Å²) in [7, 11) is 3.87. The second-order valence-electron chi connectivity index (χ2n) is 4.94. The van der Waals surface area contributed by atoms with Crippen LogP contribution in [0.4, 0.5) is 11.8 Å². The first kappa shape index (κ1) is 13.6. The molecule has 6 nitrogen and oxygen atoms in total. The van der Waals surface area contributed by atoms with Gasteiger partial charge in [-0.25, -0.2) is 4.98 Å². The van der Waals surface area contributed by atoms with E-state index in [1.165, 1.54) is 0 Å². The predicted octanol–water partition coefficient (Wildman–Crippen LogP) is 0.577. The Bertz CT molecular complexity index is 458. The molecular weight excluding hydrogens is 240 g/mol. The van der Waals surface area contributed by atoms with Crippen LogP contribution < -0.4 is 9.80 Å². The fraction of sp³-hybridized carbons (Fsp3) is 0.615. The number of hydrogen-bond donors (Lipinski definition) is 0. The van der Waals surface area contributed by atoms with Crippen molar-refractivity contribution in [3.8, 4) is 6.07 Å². The van der Waals surface area contributed by atoms with Gasteiger partial charge in [0.05, 0.1) is 12.1 Å². The Morgan fingerprint density at radius 1 is 1.32 bits per heavy atom. The smallest absolute Gasteiger partial charge is 0.226 e. The van der Waals surface area contributed by atoms with Crippen molar-refractivity contribution in [3.63, 3.8) is 0 Å². The van der Waals surface area contributed by atoms with Crippen LogP contribution in [0.5, 0.6) is 0 Å². The van der Waals surface area contributed by atoms with E-state index in [0.29, 0.717) is 0 Å². The van der Waals surface area contributed by atoms with Crippen molar-refractivity contribution in [1.82, 2.24) is 14.9 Å². The van der Waals surface area contributed by atoms with E-state index < -0.39 is 0 Å². The van der Waals surface area contributed by atoms with Gasteiger partial charge in [-0.1, -0.05) is 0 Å². The standard InChI is InChI=1S/C13H20N6/c1-11(10-14)18-6-8-19(9-7-18)12-4-5-15-13(16-12)17(2)3/h4-5,11H,6-9H2,1-3H3. The third-order valence-corrected chi connectivity index (χ3v) is 3.40. The van der Waals surface area contributed by atoms with Gasteiger partial charge in [-0.05, 0) is 13.0 Å². The summed E-state index contributed by atoms with van der Waals surface area (Å²) in [5.74, 6) is 1.69. The number of rotatable bonds is 3. The highest BCUT2D eigenvalue weighted by atomic mass is 15.3. The van der Waals surface area contributed by atoms with Gasteiger partial charge in [0.1, 0.15) is 5.82 Å². The lowest BCUT2D eigenvalue weighted by molar-refractivity contribution is 0.231. The lowest BCUT2D eigenvalue weighted by Crippen LogP contribution is -2.49. The van der Waals surface area contributed by atoms with E-state index in [1.54, 1.807) is 6.20 Å². The molecule has 102 valence electrons. The second kappa shape index (κ2) is 5.85. The van der Waals surface area contributed by atoms with E-state index in [2.05, 4.69) is 25.8 Å². The molecule has 0 saturated carbocycles. The lowest BCUT2D eigenvalue weighted by Gasteiger charge is -2.36. The van der Waals surface area contributed by atoms with E-state index in [-0.39, 0.29) is 6.04 Å². The molecule has 1 aliphatic rings. The molecule has 0 spiro atoms. The van der Waals surface area contributed by atoms with Gasteiger partial charge < -0.3 is 9.80 Å². The summed E-state index contributed by atoms with van der Waals surface area (Å²) in [5, 5.41) is 8.94. The Morgan fingerprint density at radius 3 is 2.58 bits per heavy atom. The summed E-state index contributed by atoms with van der Waals surface area (Å²) in [5.41, 5.74) is 0. The fourth-order valence-electron chi connectivity index (χ4n) is 2.15. The average Bonchev–Trinajstić information content (AvgIpc) is 2.46. The summed E-state index contributed by atoms with van der Waals surface area (Å²) in [4.78, 5) is 15.1. The molecule has 0 aliphatic carbocycles. The Hall–Kier alpha value is -1.87. The minimum atomic E-state index is -0.00937. The van der Waals surface area contributed by atoms with Crippen LogP contribution in [0.2, 0.25) is 0 Å². The van der Waals surface area contributed by atoms with Crippen LogP contribution in [-0.4, -0.2) is 61.2 Å². The first-order valence-electron chi connectivity index (χ1n) is 6.51. The van der Waals surface area contributed by atoms with Crippen LogP contribution in [0.1, 0.15) is 6.92 Å². The summed E-state index contributed by atoms with van der Waals surface area (Å²) in [6.45, 7) is 5.54. The third kappa shape index (κ3) is 3.12. The zero-order valence-corrected chi connectivity index (χ0v) is 11.7. The summed E-state index contributed by atoms with van der Waals surface area (Å²) in [6.07, 6.45) is 1.79. The van der Waals surface area contributed by atoms with Crippen molar-refractivity contribution in [3.05, 3.63) is 12.3 Å². The van der Waals surface area contributed by atoms with Crippen molar-refractivity contribution in [1.29, 1.82) is 5.26 Å². The maximum atomic E-state index is 8.94. The molecule has 1 aromatic heterocycles. The van der Waals surface area contributed by atoms with Crippen molar-refractivity contribution >= 4 is 11.8 Å². The fourth-order valence-corrected chi connectivity index (χ4v) is 2.15. The van der Waals surface area contributed by atoms with Crippen LogP contribution >= 0.6 is 0 Å². The molecule has 0 N–H and O–H groups in total. The molecule has 1 aliphatic heterocycles. The van der Waals surface area contributed by atoms with Crippen molar-refractivity contribution in [2.24, 2.45) is 0 Å². The van der Waals surface area contributed by atoms with Crippen LogP contribution in [0.15, 0.2) is 12.3 Å². The molecule has 2 heterocycles. The van der Waals surface area contributed by atoms with Gasteiger partial charge in [-0.2, -0.15) is 10.2 Å². The number of anilines is 2. The predicted molar refractivity (Wildman–Crippen MR) is 75.2 cm³/mol. The van der Waals surface area contributed by atoms with Crippen LogP contribution in [0.25, 0.3) is 0 Å². The number of aromatic nitrogens is 2. The molecule has 1 unspecified atom stereocenters. The minimum Gasteiger partial charge on any atom is -0.354 e. The SMILES string of the molecule is CC(C#N)N1CCN(c2ccnc(N(C)C)n2)CC1. The molecule has 2 rings (SSSR count). The van der Waals surface area contributed by atoms with Gasteiger partial charge in [-0.3, -0.25) is 4.90 Å². The van der Waals surface area contributed by atoms with E-state index in [9.17, 15) is 0 Å². The van der Waals surface area contributed by atoms with Gasteiger partial charge in [0.15, 0.2) is 0 Å². The zero-order valence-electron chi connectivity index (χ0n) is 11.7. The van der Waals surface area contributed by atoms with Gasteiger partial charge in [0, 0.05) is 46.5 Å². The van der Waals surface area contributed by atoms with Crippen molar-refractivity contribution in [2.45, 2.75) is 13.0 Å². The summed E-state index contributed by atoms with van der Waals surface area (Å²) < 4.78 is 0. The van der Waals surface area contributed by atoms with Crippen LogP contribution in [0.3, 0.4) is 0 Å². The largest absolute Gasteiger partial charge is 0.354 e. The molecule has 1 saturated heterocycles. The third-order valence-electron chi connectivity index (χ3n) is 3.40. The highest BCUT2D eigenvalue weighted by molar-refractivity contribution is 5.43. The van der Waals surface area contributed by atoms with E-state index in [1.807, 2.05) is 32.0 Å². The molecule has 1 aromatic rings. The molecule has 1 atom stereocenters. The zero-order chi connectivity index (χ0) is 13.8. The maximum absolute atomic E-state index is 8.94. The number of nitrogens with zero attached hydrogens (tertiary/aromatic N) is 6. The van der Waals surface area contributed by atoms with E-state index >= 15 is 0 Å². The first-order chi connectivity index (χ1) is 9.11. The molecule has 19 heavy (non-hydrogen) atoms. The molecule has 6 heteroatoms. The maximum Gasteiger partial charge on any atom is 0.226 e. The van der Waals surface area contributed by atoms with Crippen LogP contribution in [-0.2, 0) is 0 Å². The van der Waals surface area contributed by atoms with Crippen molar-refractivity contribution < 1.29 is 0 Å². The Labute approximate surface area is 114 Å². The average molecular weight is 260 g/mol. The topological polar surface area (TPSA) is 59.3 Å². The summed E-state index contributed by atoms with van der Waals surface area (Å²) >= 11 is 0. The van der Waals surface area contributed by atoms with Gasteiger partial charge in [0.25, 0.3) is 0 Å². The molecule has 0 radical (unpaired) electrons. The number of nitriles is 1. The first-order valence-corrected chi connectivity index (χ1v) is 6.51. The highest BCUT2D eigenvalue weighted by Gasteiger charge is 2.21. The molecule has 1 fully saturated rings.